The van der Waals surface area contributed by atoms with Crippen LogP contribution in [0.15, 0.2) is 18.6 Å². The molecule has 0 saturated carbocycles. The van der Waals surface area contributed by atoms with Gasteiger partial charge in [0.15, 0.2) is 0 Å². The summed E-state index contributed by atoms with van der Waals surface area (Å²) in [5.41, 5.74) is 2.81. The molecule has 6 heteroatoms. The second-order valence-electron chi connectivity index (χ2n) is 3.90. The van der Waals surface area contributed by atoms with Gasteiger partial charge in [-0.1, -0.05) is 13.8 Å². The fourth-order valence-electron chi connectivity index (χ4n) is 1.58. The molecular weight excluding hydrogens is 216 g/mol. The number of nitrogens with zero attached hydrogens (tertiary/aromatic N) is 6. The fourth-order valence-corrected chi connectivity index (χ4v) is 1.58. The Kier molecular flexibility index (Phi) is 3.64. The monoisotopic (exact) mass is 230 g/mol. The van der Waals surface area contributed by atoms with E-state index in [0.717, 1.165) is 29.9 Å². The van der Waals surface area contributed by atoms with E-state index in [4.69, 9.17) is 0 Å². The highest BCUT2D eigenvalue weighted by Gasteiger charge is 2.10. The van der Waals surface area contributed by atoms with E-state index in [0.29, 0.717) is 0 Å². The van der Waals surface area contributed by atoms with E-state index in [9.17, 15) is 0 Å². The van der Waals surface area contributed by atoms with Gasteiger partial charge in [0.05, 0.1) is 23.3 Å². The lowest BCUT2D eigenvalue weighted by Gasteiger charge is -2.08. The Morgan fingerprint density at radius 3 is 2.71 bits per heavy atom. The summed E-state index contributed by atoms with van der Waals surface area (Å²) >= 11 is 0. The van der Waals surface area contributed by atoms with Gasteiger partial charge in [0.25, 0.3) is 0 Å². The topological polar surface area (TPSA) is 77.3 Å². The van der Waals surface area contributed by atoms with E-state index in [1.54, 1.807) is 6.20 Å². The second kappa shape index (κ2) is 5.38. The summed E-state index contributed by atoms with van der Waals surface area (Å²) in [5, 5.41) is 19.2. The minimum atomic E-state index is 0.243. The van der Waals surface area contributed by atoms with Gasteiger partial charge in [0.1, 0.15) is 6.33 Å². The van der Waals surface area contributed by atoms with Crippen molar-refractivity contribution in [3.8, 4) is 0 Å². The highest BCUT2D eigenvalue weighted by atomic mass is 15.3. The van der Waals surface area contributed by atoms with Gasteiger partial charge >= 0.3 is 0 Å². The van der Waals surface area contributed by atoms with Gasteiger partial charge in [-0.25, -0.2) is 4.98 Å². The number of aryl methyl sites for hydroxylation is 1. The van der Waals surface area contributed by atoms with Gasteiger partial charge in [0.2, 0.25) is 0 Å². The van der Waals surface area contributed by atoms with Gasteiger partial charge in [-0.3, -0.25) is 0 Å². The van der Waals surface area contributed by atoms with Crippen molar-refractivity contribution in [2.45, 2.75) is 32.6 Å². The first kappa shape index (κ1) is 11.5. The second-order valence-corrected chi connectivity index (χ2v) is 3.90. The molecule has 0 amide bonds. The smallest absolute Gasteiger partial charge is 0.138 e. The van der Waals surface area contributed by atoms with Crippen molar-refractivity contribution >= 4 is 0 Å². The van der Waals surface area contributed by atoms with Crippen LogP contribution in [0.4, 0.5) is 0 Å². The Hall–Kier alpha value is -1.98. The summed E-state index contributed by atoms with van der Waals surface area (Å²) in [6, 6.07) is 1.98. The summed E-state index contributed by atoms with van der Waals surface area (Å²) < 4.78 is 0. The van der Waals surface area contributed by atoms with E-state index < -0.39 is 0 Å². The lowest BCUT2D eigenvalue weighted by Crippen LogP contribution is -2.06. The molecule has 17 heavy (non-hydrogen) atoms. The van der Waals surface area contributed by atoms with Crippen molar-refractivity contribution in [1.82, 2.24) is 30.6 Å². The third-order valence-corrected chi connectivity index (χ3v) is 2.58. The average Bonchev–Trinajstić information content (AvgIpc) is 2.40. The maximum Gasteiger partial charge on any atom is 0.138 e. The van der Waals surface area contributed by atoms with Crippen LogP contribution in [-0.4, -0.2) is 30.6 Å². The molecule has 88 valence electrons. The van der Waals surface area contributed by atoms with Crippen LogP contribution < -0.4 is 0 Å². The Balaban J connectivity index is 2.10. The number of hydrogen-bond donors (Lipinski definition) is 0. The summed E-state index contributed by atoms with van der Waals surface area (Å²) in [6.07, 6.45) is 4.79. The van der Waals surface area contributed by atoms with Crippen molar-refractivity contribution in [1.29, 1.82) is 0 Å². The molecule has 0 fully saturated rings. The maximum atomic E-state index is 4.18. The van der Waals surface area contributed by atoms with Gasteiger partial charge in [-0.15, -0.1) is 15.3 Å². The molecule has 1 unspecified atom stereocenters. The van der Waals surface area contributed by atoms with Crippen LogP contribution in [0, 0.1) is 0 Å². The van der Waals surface area contributed by atoms with Crippen molar-refractivity contribution in [3.05, 3.63) is 35.7 Å². The van der Waals surface area contributed by atoms with Gasteiger partial charge in [-0.05, 0) is 24.1 Å². The molecule has 6 nitrogen and oxygen atoms in total. The van der Waals surface area contributed by atoms with E-state index in [1.807, 2.05) is 13.0 Å². The van der Waals surface area contributed by atoms with Crippen LogP contribution in [0.2, 0.25) is 0 Å². The predicted molar refractivity (Wildman–Crippen MR) is 61.2 cm³/mol. The highest BCUT2D eigenvalue weighted by Crippen LogP contribution is 2.15. The average molecular weight is 230 g/mol. The first-order valence-corrected chi connectivity index (χ1v) is 5.60. The fraction of sp³-hybridized carbons (Fsp3) is 0.455. The molecule has 1 atom stereocenters. The molecule has 0 aromatic carbocycles. The van der Waals surface area contributed by atoms with Crippen LogP contribution in [0.1, 0.15) is 36.8 Å². The Morgan fingerprint density at radius 2 is 2.00 bits per heavy atom. The third-order valence-electron chi connectivity index (χ3n) is 2.58. The lowest BCUT2D eigenvalue weighted by molar-refractivity contribution is 0.671. The van der Waals surface area contributed by atoms with E-state index in [1.165, 1.54) is 6.33 Å². The Bertz CT molecular complexity index is 472. The number of rotatable bonds is 4. The van der Waals surface area contributed by atoms with E-state index in [2.05, 4.69) is 37.5 Å². The molecule has 0 aliphatic carbocycles. The Labute approximate surface area is 99.5 Å². The van der Waals surface area contributed by atoms with E-state index in [-0.39, 0.29) is 5.92 Å². The van der Waals surface area contributed by atoms with Crippen molar-refractivity contribution in [3.63, 3.8) is 0 Å². The molecule has 0 aliphatic heterocycles. The molecule has 2 aromatic heterocycles. The third kappa shape index (κ3) is 2.99. The summed E-state index contributed by atoms with van der Waals surface area (Å²) in [6.45, 7) is 4.13. The molecule has 0 radical (unpaired) electrons. The molecule has 0 spiro atoms. The minimum absolute atomic E-state index is 0.243. The standard InChI is InChI=1S/C11H14N6/c1-3-9-5-10(16-17-15-9)4-8(2)11-6-13-14-7-12-11/h5-8H,3-4H2,1-2H3. The van der Waals surface area contributed by atoms with Gasteiger partial charge in [-0.2, -0.15) is 5.10 Å². The first-order chi connectivity index (χ1) is 8.29. The molecule has 0 N–H and O–H groups in total. The van der Waals surface area contributed by atoms with Crippen LogP contribution >= 0.6 is 0 Å². The molecule has 0 saturated heterocycles. The number of aromatic nitrogens is 6. The van der Waals surface area contributed by atoms with Crippen molar-refractivity contribution < 1.29 is 0 Å². The molecular formula is C11H14N6. The van der Waals surface area contributed by atoms with Gasteiger partial charge in [0, 0.05) is 5.92 Å². The summed E-state index contributed by atoms with van der Waals surface area (Å²) in [4.78, 5) is 4.18. The largest absolute Gasteiger partial charge is 0.238 e. The van der Waals surface area contributed by atoms with E-state index >= 15 is 0 Å². The normalized spacial score (nSPS) is 12.4. The first-order valence-electron chi connectivity index (χ1n) is 5.60. The molecule has 0 aliphatic rings. The SMILES string of the molecule is CCc1cc(CC(C)c2cnncn2)nnn1. The zero-order valence-corrected chi connectivity index (χ0v) is 9.91. The quantitative estimate of drug-likeness (QED) is 0.778. The minimum Gasteiger partial charge on any atom is -0.238 e. The zero-order chi connectivity index (χ0) is 12.1. The molecule has 2 aromatic rings. The van der Waals surface area contributed by atoms with Crippen LogP contribution in [0.25, 0.3) is 0 Å². The number of hydrogen-bond acceptors (Lipinski definition) is 6. The summed E-state index contributed by atoms with van der Waals surface area (Å²) in [5.74, 6) is 0.243. The van der Waals surface area contributed by atoms with Gasteiger partial charge < -0.3 is 0 Å². The zero-order valence-electron chi connectivity index (χ0n) is 9.91. The van der Waals surface area contributed by atoms with Crippen LogP contribution in [-0.2, 0) is 12.8 Å². The predicted octanol–water partition coefficient (Wildman–Crippen LogP) is 0.965. The maximum absolute atomic E-state index is 4.18. The lowest BCUT2D eigenvalue weighted by atomic mass is 10.0. The van der Waals surface area contributed by atoms with Crippen LogP contribution in [0.5, 0.6) is 0 Å². The van der Waals surface area contributed by atoms with Crippen LogP contribution in [0.3, 0.4) is 0 Å². The molecule has 0 bridgehead atoms. The molecule has 2 rings (SSSR count). The van der Waals surface area contributed by atoms with Crippen molar-refractivity contribution in [2.75, 3.05) is 0 Å². The summed E-state index contributed by atoms with van der Waals surface area (Å²) in [7, 11) is 0. The highest BCUT2D eigenvalue weighted by molar-refractivity contribution is 5.11. The van der Waals surface area contributed by atoms with Crippen molar-refractivity contribution in [2.24, 2.45) is 0 Å². The Morgan fingerprint density at radius 1 is 1.18 bits per heavy atom. The molecule has 2 heterocycles.